The molecule has 2 aromatic rings. The Morgan fingerprint density at radius 3 is 1.27 bits per heavy atom. The molecule has 0 fully saturated rings. The Balaban J connectivity index is 0.00000450. The van der Waals surface area contributed by atoms with Crippen molar-refractivity contribution in [1.82, 2.24) is 5.32 Å². The lowest BCUT2D eigenvalue weighted by Crippen LogP contribution is -2.22. The van der Waals surface area contributed by atoms with Crippen molar-refractivity contribution < 1.29 is 18.9 Å². The summed E-state index contributed by atoms with van der Waals surface area (Å²) in [6.45, 7) is 14.7. The lowest BCUT2D eigenvalue weighted by atomic mass is 10.0. The van der Waals surface area contributed by atoms with Crippen LogP contribution in [0.25, 0.3) is 0 Å². The molecule has 0 aliphatic heterocycles. The second kappa shape index (κ2) is 13.2. The van der Waals surface area contributed by atoms with E-state index in [4.69, 9.17) is 18.9 Å². The first-order valence-corrected chi connectivity index (χ1v) is 10.6. The Kier molecular flexibility index (Phi) is 11.4. The SMILES string of the molecule is CCOc1ccc(C(C)NC(C)c2ccc(OCC)c(OCC)c2)cc1OCC.Cl. The molecule has 2 atom stereocenters. The summed E-state index contributed by atoms with van der Waals surface area (Å²) in [6.07, 6.45) is 0. The second-order valence-electron chi connectivity index (χ2n) is 6.75. The van der Waals surface area contributed by atoms with Crippen molar-refractivity contribution in [3.63, 3.8) is 0 Å². The minimum Gasteiger partial charge on any atom is -0.490 e. The van der Waals surface area contributed by atoms with Crippen molar-refractivity contribution >= 4 is 12.4 Å². The summed E-state index contributed by atoms with van der Waals surface area (Å²) in [5, 5.41) is 3.66. The van der Waals surface area contributed by atoms with Crippen molar-refractivity contribution in [1.29, 1.82) is 0 Å². The van der Waals surface area contributed by atoms with E-state index in [1.807, 2.05) is 39.8 Å². The summed E-state index contributed by atoms with van der Waals surface area (Å²) in [7, 11) is 0. The fourth-order valence-electron chi connectivity index (χ4n) is 3.24. The van der Waals surface area contributed by atoms with Gasteiger partial charge in [0.05, 0.1) is 26.4 Å². The first-order chi connectivity index (χ1) is 14.0. The average molecular weight is 438 g/mol. The molecule has 30 heavy (non-hydrogen) atoms. The molecule has 0 aliphatic carbocycles. The minimum absolute atomic E-state index is 0. The van der Waals surface area contributed by atoms with E-state index in [1.165, 1.54) is 0 Å². The highest BCUT2D eigenvalue weighted by Gasteiger charge is 2.16. The van der Waals surface area contributed by atoms with E-state index in [2.05, 4.69) is 43.4 Å². The number of rotatable bonds is 12. The molecule has 0 radical (unpaired) electrons. The summed E-state index contributed by atoms with van der Waals surface area (Å²) in [4.78, 5) is 0. The molecule has 0 spiro atoms. The first kappa shape index (κ1) is 25.9. The van der Waals surface area contributed by atoms with E-state index >= 15 is 0 Å². The van der Waals surface area contributed by atoms with Gasteiger partial charge in [-0.3, -0.25) is 0 Å². The second-order valence-corrected chi connectivity index (χ2v) is 6.75. The third kappa shape index (κ3) is 6.99. The average Bonchev–Trinajstić information content (AvgIpc) is 2.71. The van der Waals surface area contributed by atoms with Gasteiger partial charge in [-0.15, -0.1) is 12.4 Å². The van der Waals surface area contributed by atoms with Crippen LogP contribution in [0.3, 0.4) is 0 Å². The minimum atomic E-state index is 0. The maximum atomic E-state index is 5.77. The van der Waals surface area contributed by atoms with Gasteiger partial charge in [-0.1, -0.05) is 12.1 Å². The zero-order valence-corrected chi connectivity index (χ0v) is 19.8. The van der Waals surface area contributed by atoms with E-state index in [-0.39, 0.29) is 24.5 Å². The highest BCUT2D eigenvalue weighted by Crippen LogP contribution is 2.33. The molecule has 2 unspecified atom stereocenters. The number of benzene rings is 2. The van der Waals surface area contributed by atoms with Crippen molar-refractivity contribution in [3.8, 4) is 23.0 Å². The largest absolute Gasteiger partial charge is 0.490 e. The molecule has 5 nitrogen and oxygen atoms in total. The molecule has 2 rings (SSSR count). The van der Waals surface area contributed by atoms with Crippen LogP contribution in [0, 0.1) is 0 Å². The van der Waals surface area contributed by atoms with E-state index in [9.17, 15) is 0 Å². The summed E-state index contributed by atoms with van der Waals surface area (Å²) in [6, 6.07) is 12.5. The molecule has 0 saturated heterocycles. The number of nitrogens with one attached hydrogen (secondary N) is 1. The van der Waals surface area contributed by atoms with Crippen molar-refractivity contribution in [2.45, 2.75) is 53.6 Å². The zero-order chi connectivity index (χ0) is 21.2. The number of hydrogen-bond donors (Lipinski definition) is 1. The van der Waals surface area contributed by atoms with Gasteiger partial charge in [0.25, 0.3) is 0 Å². The van der Waals surface area contributed by atoms with Crippen LogP contribution in [0.5, 0.6) is 23.0 Å². The van der Waals surface area contributed by atoms with Gasteiger partial charge >= 0.3 is 0 Å². The van der Waals surface area contributed by atoms with Gasteiger partial charge in [0, 0.05) is 12.1 Å². The molecule has 0 aromatic heterocycles. The van der Waals surface area contributed by atoms with Gasteiger partial charge in [-0.05, 0) is 76.9 Å². The Morgan fingerprint density at radius 2 is 0.933 bits per heavy atom. The quantitative estimate of drug-likeness (QED) is 0.433. The predicted molar refractivity (Wildman–Crippen MR) is 125 cm³/mol. The summed E-state index contributed by atoms with van der Waals surface area (Å²) in [5.74, 6) is 3.14. The van der Waals surface area contributed by atoms with E-state index < -0.39 is 0 Å². The predicted octanol–water partition coefficient (Wildman–Crippen LogP) is 6.12. The molecule has 1 N–H and O–H groups in total. The molecule has 6 heteroatoms. The summed E-state index contributed by atoms with van der Waals surface area (Å²) >= 11 is 0. The van der Waals surface area contributed by atoms with Crippen LogP contribution in [-0.2, 0) is 0 Å². The molecule has 0 saturated carbocycles. The fourth-order valence-corrected chi connectivity index (χ4v) is 3.24. The summed E-state index contributed by atoms with van der Waals surface area (Å²) in [5.41, 5.74) is 2.31. The monoisotopic (exact) mass is 437 g/mol. The standard InChI is InChI=1S/C24H35NO4.ClH/c1-7-26-21-13-11-19(15-23(21)28-9-3)17(5)25-18(6)20-12-14-22(27-8-2)24(16-20)29-10-4;/h11-18,25H,7-10H2,1-6H3;1H. The van der Waals surface area contributed by atoms with E-state index in [0.29, 0.717) is 26.4 Å². The highest BCUT2D eigenvalue weighted by atomic mass is 35.5. The molecular weight excluding hydrogens is 402 g/mol. The third-order valence-electron chi connectivity index (χ3n) is 4.63. The lowest BCUT2D eigenvalue weighted by molar-refractivity contribution is 0.286. The maximum absolute atomic E-state index is 5.77. The van der Waals surface area contributed by atoms with Crippen LogP contribution in [-0.4, -0.2) is 26.4 Å². The topological polar surface area (TPSA) is 49.0 Å². The van der Waals surface area contributed by atoms with Gasteiger partial charge in [0.15, 0.2) is 23.0 Å². The normalized spacial score (nSPS) is 12.5. The van der Waals surface area contributed by atoms with Gasteiger partial charge in [-0.2, -0.15) is 0 Å². The molecule has 2 aromatic carbocycles. The van der Waals surface area contributed by atoms with Gasteiger partial charge < -0.3 is 24.3 Å². The van der Waals surface area contributed by atoms with Gasteiger partial charge in [0.1, 0.15) is 0 Å². The Hall–Kier alpha value is -2.11. The molecule has 168 valence electrons. The smallest absolute Gasteiger partial charge is 0.161 e. The Labute approximate surface area is 187 Å². The van der Waals surface area contributed by atoms with E-state index in [1.54, 1.807) is 0 Å². The van der Waals surface area contributed by atoms with Crippen LogP contribution < -0.4 is 24.3 Å². The molecule has 0 bridgehead atoms. The third-order valence-corrected chi connectivity index (χ3v) is 4.63. The van der Waals surface area contributed by atoms with Gasteiger partial charge in [0.2, 0.25) is 0 Å². The summed E-state index contributed by atoms with van der Waals surface area (Å²) < 4.78 is 22.9. The maximum Gasteiger partial charge on any atom is 0.161 e. The van der Waals surface area contributed by atoms with Crippen molar-refractivity contribution in [2.75, 3.05) is 26.4 Å². The van der Waals surface area contributed by atoms with Crippen LogP contribution in [0.15, 0.2) is 36.4 Å². The molecule has 0 heterocycles. The fraction of sp³-hybridized carbons (Fsp3) is 0.500. The lowest BCUT2D eigenvalue weighted by Gasteiger charge is -2.23. The number of halogens is 1. The van der Waals surface area contributed by atoms with Crippen LogP contribution in [0.1, 0.15) is 64.8 Å². The van der Waals surface area contributed by atoms with Crippen molar-refractivity contribution in [2.24, 2.45) is 0 Å². The molecule has 0 amide bonds. The first-order valence-electron chi connectivity index (χ1n) is 10.6. The van der Waals surface area contributed by atoms with E-state index in [0.717, 1.165) is 34.1 Å². The number of hydrogen-bond acceptors (Lipinski definition) is 5. The van der Waals surface area contributed by atoms with Gasteiger partial charge in [-0.25, -0.2) is 0 Å². The number of ether oxygens (including phenoxy) is 4. The molecule has 0 aliphatic rings. The zero-order valence-electron chi connectivity index (χ0n) is 19.0. The van der Waals surface area contributed by atoms with Crippen LogP contribution in [0.2, 0.25) is 0 Å². The molecular formula is C24H36ClNO4. The Morgan fingerprint density at radius 1 is 0.600 bits per heavy atom. The Bertz CT molecular complexity index is 705. The highest BCUT2D eigenvalue weighted by molar-refractivity contribution is 5.85. The van der Waals surface area contributed by atoms with Crippen LogP contribution >= 0.6 is 12.4 Å². The van der Waals surface area contributed by atoms with Crippen molar-refractivity contribution in [3.05, 3.63) is 47.5 Å². The van der Waals surface area contributed by atoms with Crippen LogP contribution in [0.4, 0.5) is 0 Å².